The van der Waals surface area contributed by atoms with Crippen LogP contribution in [0.4, 0.5) is 5.95 Å². The van der Waals surface area contributed by atoms with Crippen LogP contribution in [0.25, 0.3) is 0 Å². The number of nitrogens with one attached hydrogen (secondary N) is 1. The van der Waals surface area contributed by atoms with Crippen LogP contribution in [0.1, 0.15) is 42.0 Å². The average Bonchev–Trinajstić information content (AvgIpc) is 3.09. The van der Waals surface area contributed by atoms with E-state index < -0.39 is 0 Å². The lowest BCUT2D eigenvalue weighted by atomic mass is 9.82. The first-order valence-electron chi connectivity index (χ1n) is 9.17. The number of anilines is 1. The van der Waals surface area contributed by atoms with Gasteiger partial charge < -0.3 is 19.4 Å². The highest BCUT2D eigenvalue weighted by atomic mass is 16.5. The highest BCUT2D eigenvalue weighted by Gasteiger charge is 2.41. The Hall–Kier alpha value is -2.41. The van der Waals surface area contributed by atoms with Crippen molar-refractivity contribution in [3.05, 3.63) is 42.1 Å². The second-order valence-electron chi connectivity index (χ2n) is 7.14. The van der Waals surface area contributed by atoms with Crippen molar-refractivity contribution in [1.82, 2.24) is 14.9 Å². The monoisotopic (exact) mass is 356 g/mol. The molecule has 0 unspecified atom stereocenters. The predicted octanol–water partition coefficient (Wildman–Crippen LogP) is 2.64. The topological polar surface area (TPSA) is 80.5 Å². The van der Waals surface area contributed by atoms with Crippen molar-refractivity contribution in [2.75, 3.05) is 25.0 Å². The van der Waals surface area contributed by atoms with E-state index in [1.54, 1.807) is 18.5 Å². The van der Waals surface area contributed by atoms with Crippen molar-refractivity contribution in [2.45, 2.75) is 44.2 Å². The van der Waals surface area contributed by atoms with Gasteiger partial charge in [0.05, 0.1) is 5.60 Å². The third-order valence-electron chi connectivity index (χ3n) is 5.30. The van der Waals surface area contributed by atoms with Crippen molar-refractivity contribution in [3.8, 4) is 0 Å². The maximum absolute atomic E-state index is 12.6. The van der Waals surface area contributed by atoms with Gasteiger partial charge in [-0.3, -0.25) is 4.79 Å². The Morgan fingerprint density at radius 3 is 2.73 bits per heavy atom. The van der Waals surface area contributed by atoms with E-state index >= 15 is 0 Å². The van der Waals surface area contributed by atoms with Crippen molar-refractivity contribution in [1.29, 1.82) is 0 Å². The number of carbonyl (C=O) groups is 1. The molecule has 0 aromatic carbocycles. The number of furan rings is 1. The normalized spacial score (nSPS) is 22.3. The van der Waals surface area contributed by atoms with Crippen molar-refractivity contribution < 1.29 is 13.9 Å². The molecule has 1 N–H and O–H groups in total. The molecule has 7 nitrogen and oxygen atoms in total. The standard InChI is InChI=1S/C19H24N4O3/c1-14-3-4-16(26-14)17(24)23-10-6-19(7-11-23)13-15(5-12-25-19)22-18-20-8-2-9-21-18/h2-4,8-9,15H,5-7,10-13H2,1H3,(H,20,21,22)/t15-/m0/s1. The summed E-state index contributed by atoms with van der Waals surface area (Å²) in [5, 5.41) is 3.42. The summed E-state index contributed by atoms with van der Waals surface area (Å²) in [6.45, 7) is 3.94. The Balaban J connectivity index is 1.36. The van der Waals surface area contributed by atoms with Crippen LogP contribution in [0.5, 0.6) is 0 Å². The van der Waals surface area contributed by atoms with Gasteiger partial charge in [-0.05, 0) is 50.8 Å². The van der Waals surface area contributed by atoms with E-state index in [0.29, 0.717) is 30.8 Å². The fourth-order valence-corrected chi connectivity index (χ4v) is 3.88. The lowest BCUT2D eigenvalue weighted by Crippen LogP contribution is -2.52. The maximum Gasteiger partial charge on any atom is 0.289 e. The van der Waals surface area contributed by atoms with Gasteiger partial charge in [0.25, 0.3) is 5.91 Å². The number of likely N-dealkylation sites (tertiary alicyclic amines) is 1. The highest BCUT2D eigenvalue weighted by Crippen LogP contribution is 2.36. The molecule has 4 rings (SSSR count). The lowest BCUT2D eigenvalue weighted by Gasteiger charge is -2.46. The minimum atomic E-state index is -0.166. The second-order valence-corrected chi connectivity index (χ2v) is 7.14. The maximum atomic E-state index is 12.6. The SMILES string of the molecule is Cc1ccc(C(=O)N2CCC3(CC2)C[C@@H](Nc2ncccn2)CCO3)o1. The first-order chi connectivity index (χ1) is 12.6. The molecule has 1 atom stereocenters. The van der Waals surface area contributed by atoms with Gasteiger partial charge >= 0.3 is 0 Å². The summed E-state index contributed by atoms with van der Waals surface area (Å²) in [6.07, 6.45) is 7.01. The molecular formula is C19H24N4O3. The zero-order valence-corrected chi connectivity index (χ0v) is 15.0. The van der Waals surface area contributed by atoms with Crippen LogP contribution in [0.2, 0.25) is 0 Å². The third kappa shape index (κ3) is 3.58. The molecule has 0 bridgehead atoms. The van der Waals surface area contributed by atoms with E-state index in [0.717, 1.165) is 38.1 Å². The molecule has 1 amide bonds. The number of aryl methyl sites for hydroxylation is 1. The van der Waals surface area contributed by atoms with Gasteiger partial charge in [0.15, 0.2) is 5.76 Å². The number of carbonyl (C=O) groups excluding carboxylic acids is 1. The number of rotatable bonds is 3. The molecule has 0 saturated carbocycles. The van der Waals surface area contributed by atoms with Gasteiger partial charge in [-0.2, -0.15) is 0 Å². The Labute approximate surface area is 152 Å². The number of hydrogen-bond acceptors (Lipinski definition) is 6. The second kappa shape index (κ2) is 7.07. The zero-order chi connectivity index (χ0) is 18.0. The molecule has 2 aromatic rings. The van der Waals surface area contributed by atoms with Gasteiger partial charge in [0, 0.05) is 38.1 Å². The molecule has 7 heteroatoms. The van der Waals surface area contributed by atoms with Crippen LogP contribution in [-0.4, -0.2) is 52.1 Å². The van der Waals surface area contributed by atoms with Crippen LogP contribution in [0.15, 0.2) is 35.0 Å². The number of piperidine rings is 1. The Morgan fingerprint density at radius 2 is 2.04 bits per heavy atom. The number of aromatic nitrogens is 2. The molecule has 4 heterocycles. The Bertz CT molecular complexity index is 753. The average molecular weight is 356 g/mol. The molecule has 0 aliphatic carbocycles. The lowest BCUT2D eigenvalue weighted by molar-refractivity contribution is -0.110. The molecule has 2 aliphatic rings. The number of hydrogen-bond donors (Lipinski definition) is 1. The van der Waals surface area contributed by atoms with Gasteiger partial charge in [-0.25, -0.2) is 9.97 Å². The van der Waals surface area contributed by atoms with E-state index in [4.69, 9.17) is 9.15 Å². The van der Waals surface area contributed by atoms with E-state index in [1.165, 1.54) is 0 Å². The van der Waals surface area contributed by atoms with Crippen molar-refractivity contribution >= 4 is 11.9 Å². The van der Waals surface area contributed by atoms with Gasteiger partial charge in [0.2, 0.25) is 5.95 Å². The van der Waals surface area contributed by atoms with Crippen molar-refractivity contribution in [2.24, 2.45) is 0 Å². The largest absolute Gasteiger partial charge is 0.456 e. The molecule has 26 heavy (non-hydrogen) atoms. The highest BCUT2D eigenvalue weighted by molar-refractivity contribution is 5.91. The molecule has 2 fully saturated rings. The zero-order valence-electron chi connectivity index (χ0n) is 15.0. The summed E-state index contributed by atoms with van der Waals surface area (Å²) in [5.74, 6) is 1.81. The predicted molar refractivity (Wildman–Crippen MR) is 95.9 cm³/mol. The molecule has 0 radical (unpaired) electrons. The molecular weight excluding hydrogens is 332 g/mol. The van der Waals surface area contributed by atoms with Gasteiger partial charge in [-0.15, -0.1) is 0 Å². The van der Waals surface area contributed by atoms with Gasteiger partial charge in [0.1, 0.15) is 5.76 Å². The summed E-state index contributed by atoms with van der Waals surface area (Å²) >= 11 is 0. The quantitative estimate of drug-likeness (QED) is 0.911. The third-order valence-corrected chi connectivity index (χ3v) is 5.30. The number of nitrogens with zero attached hydrogens (tertiary/aromatic N) is 3. The number of amides is 1. The molecule has 2 saturated heterocycles. The first kappa shape index (κ1) is 17.0. The minimum absolute atomic E-state index is 0.0314. The van der Waals surface area contributed by atoms with E-state index in [2.05, 4.69) is 15.3 Å². The van der Waals surface area contributed by atoms with Crippen LogP contribution in [0, 0.1) is 6.92 Å². The van der Waals surface area contributed by atoms with Crippen LogP contribution in [0.3, 0.4) is 0 Å². The fourth-order valence-electron chi connectivity index (χ4n) is 3.88. The first-order valence-corrected chi connectivity index (χ1v) is 9.17. The van der Waals surface area contributed by atoms with Gasteiger partial charge in [-0.1, -0.05) is 0 Å². The van der Waals surface area contributed by atoms with Crippen LogP contribution in [-0.2, 0) is 4.74 Å². The molecule has 138 valence electrons. The van der Waals surface area contributed by atoms with Crippen molar-refractivity contribution in [3.63, 3.8) is 0 Å². The summed E-state index contributed by atoms with van der Waals surface area (Å²) < 4.78 is 11.6. The summed E-state index contributed by atoms with van der Waals surface area (Å²) in [6, 6.07) is 5.68. The Morgan fingerprint density at radius 1 is 1.27 bits per heavy atom. The van der Waals surface area contributed by atoms with E-state index in [9.17, 15) is 4.79 Å². The van der Waals surface area contributed by atoms with Crippen LogP contribution < -0.4 is 5.32 Å². The summed E-state index contributed by atoms with van der Waals surface area (Å²) in [7, 11) is 0. The minimum Gasteiger partial charge on any atom is -0.456 e. The molecule has 2 aliphatic heterocycles. The number of ether oxygens (including phenoxy) is 1. The van der Waals surface area contributed by atoms with Crippen LogP contribution >= 0.6 is 0 Å². The summed E-state index contributed by atoms with van der Waals surface area (Å²) in [4.78, 5) is 22.9. The fraction of sp³-hybridized carbons (Fsp3) is 0.526. The molecule has 1 spiro atoms. The molecule has 2 aromatic heterocycles. The smallest absolute Gasteiger partial charge is 0.289 e. The van der Waals surface area contributed by atoms with E-state index in [-0.39, 0.29) is 11.5 Å². The Kier molecular flexibility index (Phi) is 4.63. The van der Waals surface area contributed by atoms with E-state index in [1.807, 2.05) is 24.0 Å². The summed E-state index contributed by atoms with van der Waals surface area (Å²) in [5.41, 5.74) is -0.166.